The molecule has 0 fully saturated rings. The molecule has 0 saturated carbocycles. The van der Waals surface area contributed by atoms with E-state index in [1.54, 1.807) is 0 Å². The number of phenolic OH excluding ortho intramolecular Hbond substituents is 1. The Balaban J connectivity index is 2.22. The lowest BCUT2D eigenvalue weighted by molar-refractivity contribution is 0.290. The molecule has 0 atom stereocenters. The van der Waals surface area contributed by atoms with Gasteiger partial charge < -0.3 is 5.11 Å². The molecule has 0 radical (unpaired) electrons. The first-order valence-electron chi connectivity index (χ1n) is 10.3. The van der Waals surface area contributed by atoms with Gasteiger partial charge in [0.25, 0.3) is 0 Å². The van der Waals surface area contributed by atoms with Crippen molar-refractivity contribution >= 4 is 11.8 Å². The summed E-state index contributed by atoms with van der Waals surface area (Å²) in [5.74, 6) is 3.02. The Labute approximate surface area is 160 Å². The summed E-state index contributed by atoms with van der Waals surface area (Å²) in [6.45, 7) is 9.51. The van der Waals surface area contributed by atoms with E-state index in [0.717, 1.165) is 43.6 Å². The third-order valence-corrected chi connectivity index (χ3v) is 6.02. The monoisotopic (exact) mass is 365 g/mol. The highest BCUT2D eigenvalue weighted by Gasteiger charge is 2.09. The fourth-order valence-electron chi connectivity index (χ4n) is 3.11. The van der Waals surface area contributed by atoms with Crippen molar-refractivity contribution in [2.45, 2.75) is 78.7 Å². The second-order valence-corrected chi connectivity index (χ2v) is 8.09. The van der Waals surface area contributed by atoms with Crippen LogP contribution in [0.3, 0.4) is 0 Å². The van der Waals surface area contributed by atoms with E-state index < -0.39 is 0 Å². The van der Waals surface area contributed by atoms with E-state index in [1.165, 1.54) is 50.0 Å². The molecule has 0 aliphatic rings. The SMILES string of the molecule is CCCCCCCCSCCCc1cccc(CN(CC)CC)c1O. The second-order valence-electron chi connectivity index (χ2n) is 6.87. The van der Waals surface area contributed by atoms with Crippen LogP contribution >= 0.6 is 11.8 Å². The molecule has 1 aromatic carbocycles. The number of aromatic hydroxyl groups is 1. The van der Waals surface area contributed by atoms with Crippen LogP contribution in [0.1, 0.15) is 76.8 Å². The van der Waals surface area contributed by atoms with Crippen LogP contribution in [0.15, 0.2) is 18.2 Å². The quantitative estimate of drug-likeness (QED) is 0.371. The van der Waals surface area contributed by atoms with Gasteiger partial charge >= 0.3 is 0 Å². The molecule has 0 aliphatic carbocycles. The molecule has 3 heteroatoms. The van der Waals surface area contributed by atoms with Crippen LogP contribution in [0.5, 0.6) is 5.75 Å². The summed E-state index contributed by atoms with van der Waals surface area (Å²) >= 11 is 2.07. The lowest BCUT2D eigenvalue weighted by atomic mass is 10.0. The molecular weight excluding hydrogens is 326 g/mol. The van der Waals surface area contributed by atoms with Crippen molar-refractivity contribution < 1.29 is 5.11 Å². The highest BCUT2D eigenvalue weighted by molar-refractivity contribution is 7.99. The highest BCUT2D eigenvalue weighted by Crippen LogP contribution is 2.25. The van der Waals surface area contributed by atoms with Crippen molar-refractivity contribution in [2.24, 2.45) is 0 Å². The number of thioether (sulfide) groups is 1. The molecule has 0 bridgehead atoms. The number of unbranched alkanes of at least 4 members (excludes halogenated alkanes) is 5. The minimum Gasteiger partial charge on any atom is -0.507 e. The van der Waals surface area contributed by atoms with Gasteiger partial charge in [0.15, 0.2) is 0 Å². The third-order valence-electron chi connectivity index (χ3n) is 4.87. The molecule has 1 N–H and O–H groups in total. The van der Waals surface area contributed by atoms with Crippen LogP contribution in [-0.4, -0.2) is 34.6 Å². The first-order valence-corrected chi connectivity index (χ1v) is 11.5. The molecule has 1 rings (SSSR count). The predicted molar refractivity (Wildman–Crippen MR) is 114 cm³/mol. The van der Waals surface area contributed by atoms with Crippen molar-refractivity contribution in [3.8, 4) is 5.75 Å². The fourth-order valence-corrected chi connectivity index (χ4v) is 4.07. The molecule has 0 aliphatic heterocycles. The first-order chi connectivity index (χ1) is 12.2. The van der Waals surface area contributed by atoms with Crippen molar-refractivity contribution in [3.05, 3.63) is 29.3 Å². The Kier molecular flexibility index (Phi) is 13.0. The first kappa shape index (κ1) is 22.4. The van der Waals surface area contributed by atoms with Gasteiger partial charge in [-0.15, -0.1) is 0 Å². The minimum absolute atomic E-state index is 0.523. The minimum atomic E-state index is 0.523. The van der Waals surface area contributed by atoms with E-state index in [9.17, 15) is 5.11 Å². The summed E-state index contributed by atoms with van der Waals surface area (Å²) < 4.78 is 0. The lowest BCUT2D eigenvalue weighted by Crippen LogP contribution is -2.22. The molecule has 0 aromatic heterocycles. The number of hydrogen-bond donors (Lipinski definition) is 1. The molecule has 25 heavy (non-hydrogen) atoms. The Hall–Kier alpha value is -0.670. The van der Waals surface area contributed by atoms with E-state index in [4.69, 9.17) is 0 Å². The number of hydrogen-bond acceptors (Lipinski definition) is 3. The van der Waals surface area contributed by atoms with Crippen LogP contribution in [0.4, 0.5) is 0 Å². The molecule has 144 valence electrons. The number of phenols is 1. The molecule has 0 heterocycles. The van der Waals surface area contributed by atoms with Gasteiger partial charge in [-0.2, -0.15) is 11.8 Å². The van der Waals surface area contributed by atoms with E-state index in [2.05, 4.69) is 55.6 Å². The summed E-state index contributed by atoms with van der Waals surface area (Å²) in [7, 11) is 0. The van der Waals surface area contributed by atoms with Crippen LogP contribution in [0.25, 0.3) is 0 Å². The van der Waals surface area contributed by atoms with Gasteiger partial charge in [0.05, 0.1) is 0 Å². The molecule has 0 unspecified atom stereocenters. The largest absolute Gasteiger partial charge is 0.507 e. The maximum atomic E-state index is 10.5. The van der Waals surface area contributed by atoms with Crippen molar-refractivity contribution in [1.29, 1.82) is 0 Å². The number of para-hydroxylation sites is 1. The molecule has 0 amide bonds. The van der Waals surface area contributed by atoms with Gasteiger partial charge in [-0.3, -0.25) is 4.90 Å². The van der Waals surface area contributed by atoms with Gasteiger partial charge in [0, 0.05) is 12.1 Å². The Morgan fingerprint density at radius 1 is 0.840 bits per heavy atom. The van der Waals surface area contributed by atoms with Gasteiger partial charge in [-0.1, -0.05) is 71.1 Å². The summed E-state index contributed by atoms with van der Waals surface area (Å²) in [4.78, 5) is 2.34. The van der Waals surface area contributed by atoms with Crippen molar-refractivity contribution in [3.63, 3.8) is 0 Å². The van der Waals surface area contributed by atoms with Crippen LogP contribution in [0.2, 0.25) is 0 Å². The van der Waals surface area contributed by atoms with Crippen LogP contribution in [0, 0.1) is 0 Å². The van der Waals surface area contributed by atoms with Gasteiger partial charge in [-0.05, 0) is 49.4 Å². The number of benzene rings is 1. The van der Waals surface area contributed by atoms with E-state index in [0.29, 0.717) is 5.75 Å². The predicted octanol–water partition coefficient (Wildman–Crippen LogP) is 6.26. The zero-order valence-electron chi connectivity index (χ0n) is 16.7. The highest BCUT2D eigenvalue weighted by atomic mass is 32.2. The summed E-state index contributed by atoms with van der Waals surface area (Å²) in [5, 5.41) is 10.5. The van der Waals surface area contributed by atoms with Gasteiger partial charge in [-0.25, -0.2) is 0 Å². The molecule has 2 nitrogen and oxygen atoms in total. The maximum absolute atomic E-state index is 10.5. The average molecular weight is 366 g/mol. The van der Waals surface area contributed by atoms with Crippen LogP contribution < -0.4 is 0 Å². The van der Waals surface area contributed by atoms with E-state index >= 15 is 0 Å². The van der Waals surface area contributed by atoms with Crippen molar-refractivity contribution in [2.75, 3.05) is 24.6 Å². The zero-order chi connectivity index (χ0) is 18.3. The summed E-state index contributed by atoms with van der Waals surface area (Å²) in [5.41, 5.74) is 2.19. The molecular formula is C22H39NOS. The zero-order valence-corrected chi connectivity index (χ0v) is 17.5. The van der Waals surface area contributed by atoms with Crippen molar-refractivity contribution in [1.82, 2.24) is 4.90 Å². The van der Waals surface area contributed by atoms with E-state index in [1.807, 2.05) is 0 Å². The molecule has 0 saturated heterocycles. The van der Waals surface area contributed by atoms with Gasteiger partial charge in [0.2, 0.25) is 0 Å². The number of aryl methyl sites for hydroxylation is 1. The Morgan fingerprint density at radius 2 is 1.48 bits per heavy atom. The summed E-state index contributed by atoms with van der Waals surface area (Å²) in [6, 6.07) is 6.24. The number of rotatable bonds is 15. The average Bonchev–Trinajstić information content (AvgIpc) is 2.63. The number of nitrogens with zero attached hydrogens (tertiary/aromatic N) is 1. The lowest BCUT2D eigenvalue weighted by Gasteiger charge is -2.19. The molecule has 0 spiro atoms. The topological polar surface area (TPSA) is 23.5 Å². The Bertz CT molecular complexity index is 446. The molecule has 1 aromatic rings. The smallest absolute Gasteiger partial charge is 0.123 e. The Morgan fingerprint density at radius 3 is 2.20 bits per heavy atom. The normalized spacial score (nSPS) is 11.4. The fraction of sp³-hybridized carbons (Fsp3) is 0.727. The third kappa shape index (κ3) is 9.55. The standard InChI is InChI=1S/C22H39NOS/c1-4-7-8-9-10-11-17-25-18-13-16-20-14-12-15-21(22(20)24)19-23(5-2)6-3/h12,14-15,24H,4-11,13,16-19H2,1-3H3. The van der Waals surface area contributed by atoms with E-state index in [-0.39, 0.29) is 0 Å². The van der Waals surface area contributed by atoms with Gasteiger partial charge in [0.1, 0.15) is 5.75 Å². The van der Waals surface area contributed by atoms with Crippen LogP contribution in [-0.2, 0) is 13.0 Å². The summed E-state index contributed by atoms with van der Waals surface area (Å²) in [6.07, 6.45) is 10.4. The maximum Gasteiger partial charge on any atom is 0.123 e. The second kappa shape index (κ2) is 14.5.